The van der Waals surface area contributed by atoms with Crippen LogP contribution in [-0.2, 0) is 0 Å². The highest BCUT2D eigenvalue weighted by Crippen LogP contribution is 2.39. The highest BCUT2D eigenvalue weighted by molar-refractivity contribution is 14.1. The Labute approximate surface area is 115 Å². The number of aromatic nitrogens is 1. The molecular formula is C10H11BrINO3. The minimum atomic E-state index is -0.226. The van der Waals surface area contributed by atoms with Gasteiger partial charge in [0.2, 0.25) is 0 Å². The van der Waals surface area contributed by atoms with Crippen molar-refractivity contribution in [1.29, 1.82) is 0 Å². The molecule has 1 saturated carbocycles. The first-order chi connectivity index (χ1) is 7.61. The summed E-state index contributed by atoms with van der Waals surface area (Å²) in [7, 11) is 0. The molecule has 0 spiro atoms. The number of halogens is 2. The number of aromatic hydroxyl groups is 1. The number of rotatable bonds is 4. The lowest BCUT2D eigenvalue weighted by molar-refractivity contribution is 0.0955. The molecule has 1 unspecified atom stereocenters. The van der Waals surface area contributed by atoms with Gasteiger partial charge in [-0.2, -0.15) is 0 Å². The van der Waals surface area contributed by atoms with Crippen molar-refractivity contribution in [3.63, 3.8) is 0 Å². The van der Waals surface area contributed by atoms with E-state index < -0.39 is 0 Å². The van der Waals surface area contributed by atoms with Gasteiger partial charge in [-0.3, -0.25) is 0 Å². The fourth-order valence-electron chi connectivity index (χ4n) is 1.46. The van der Waals surface area contributed by atoms with E-state index in [2.05, 4.69) is 20.9 Å². The maximum absolute atomic E-state index is 9.75. The SMILES string of the molecule is OCC(Oc1cc(I)nc(Br)c1O)C1CC1. The molecule has 0 saturated heterocycles. The van der Waals surface area contributed by atoms with E-state index >= 15 is 0 Å². The first kappa shape index (κ1) is 12.4. The summed E-state index contributed by atoms with van der Waals surface area (Å²) in [6.45, 7) is -0.0272. The van der Waals surface area contributed by atoms with E-state index in [1.54, 1.807) is 6.07 Å². The number of nitrogens with zero attached hydrogens (tertiary/aromatic N) is 1. The third-order valence-electron chi connectivity index (χ3n) is 2.49. The van der Waals surface area contributed by atoms with E-state index in [4.69, 9.17) is 4.74 Å². The predicted molar refractivity (Wildman–Crippen MR) is 70.5 cm³/mol. The molecule has 1 atom stereocenters. The molecule has 1 aromatic heterocycles. The van der Waals surface area contributed by atoms with Crippen LogP contribution in [0.2, 0.25) is 0 Å². The van der Waals surface area contributed by atoms with Gasteiger partial charge in [0.25, 0.3) is 0 Å². The Kier molecular flexibility index (Phi) is 3.91. The number of hydrogen-bond acceptors (Lipinski definition) is 4. The molecule has 16 heavy (non-hydrogen) atoms. The molecule has 1 aliphatic rings. The van der Waals surface area contributed by atoms with Gasteiger partial charge in [-0.15, -0.1) is 0 Å². The smallest absolute Gasteiger partial charge is 0.191 e. The average molecular weight is 400 g/mol. The lowest BCUT2D eigenvalue weighted by Crippen LogP contribution is -2.23. The van der Waals surface area contributed by atoms with Crippen molar-refractivity contribution in [2.75, 3.05) is 6.61 Å². The van der Waals surface area contributed by atoms with Gasteiger partial charge in [0.05, 0.1) is 6.61 Å². The number of pyridine rings is 1. The molecule has 88 valence electrons. The second-order valence-electron chi connectivity index (χ2n) is 3.76. The second-order valence-corrected chi connectivity index (χ2v) is 5.62. The van der Waals surface area contributed by atoms with E-state index in [-0.39, 0.29) is 18.5 Å². The van der Waals surface area contributed by atoms with Gasteiger partial charge in [-0.25, -0.2) is 4.98 Å². The highest BCUT2D eigenvalue weighted by Gasteiger charge is 2.33. The van der Waals surface area contributed by atoms with Crippen LogP contribution in [0.1, 0.15) is 12.8 Å². The zero-order valence-electron chi connectivity index (χ0n) is 8.36. The van der Waals surface area contributed by atoms with Crippen LogP contribution in [0.4, 0.5) is 0 Å². The molecule has 0 aromatic carbocycles. The third-order valence-corrected chi connectivity index (χ3v) is 3.60. The summed E-state index contributed by atoms with van der Waals surface area (Å²) < 4.78 is 6.69. The van der Waals surface area contributed by atoms with Gasteiger partial charge in [-0.05, 0) is 57.3 Å². The van der Waals surface area contributed by atoms with E-state index in [0.717, 1.165) is 16.5 Å². The topological polar surface area (TPSA) is 62.6 Å². The van der Waals surface area contributed by atoms with Gasteiger partial charge in [-0.1, -0.05) is 0 Å². The molecule has 1 heterocycles. The number of ether oxygens (including phenoxy) is 1. The summed E-state index contributed by atoms with van der Waals surface area (Å²) in [5.41, 5.74) is 0. The normalized spacial score (nSPS) is 17.2. The summed E-state index contributed by atoms with van der Waals surface area (Å²) in [6.07, 6.45) is 1.93. The van der Waals surface area contributed by atoms with Crippen LogP contribution in [0, 0.1) is 9.62 Å². The van der Waals surface area contributed by atoms with Gasteiger partial charge in [0.15, 0.2) is 16.1 Å². The second kappa shape index (κ2) is 5.05. The van der Waals surface area contributed by atoms with Crippen molar-refractivity contribution in [2.24, 2.45) is 5.92 Å². The largest absolute Gasteiger partial charge is 0.502 e. The maximum atomic E-state index is 9.75. The lowest BCUT2D eigenvalue weighted by Gasteiger charge is -2.17. The van der Waals surface area contributed by atoms with Crippen LogP contribution in [0.15, 0.2) is 10.7 Å². The fourth-order valence-corrected chi connectivity index (χ4v) is 2.70. The molecule has 1 aromatic rings. The van der Waals surface area contributed by atoms with Gasteiger partial charge >= 0.3 is 0 Å². The fraction of sp³-hybridized carbons (Fsp3) is 0.500. The van der Waals surface area contributed by atoms with Crippen LogP contribution in [0.3, 0.4) is 0 Å². The van der Waals surface area contributed by atoms with Crippen molar-refractivity contribution in [3.8, 4) is 11.5 Å². The van der Waals surface area contributed by atoms with Gasteiger partial charge in [0, 0.05) is 6.07 Å². The Morgan fingerprint density at radius 1 is 1.62 bits per heavy atom. The molecule has 0 radical (unpaired) electrons. The Balaban J connectivity index is 2.19. The molecule has 4 nitrogen and oxygen atoms in total. The summed E-state index contributed by atoms with van der Waals surface area (Å²) in [4.78, 5) is 4.04. The molecule has 0 bridgehead atoms. The van der Waals surface area contributed by atoms with Crippen LogP contribution >= 0.6 is 38.5 Å². The summed E-state index contributed by atoms with van der Waals surface area (Å²) in [5, 5.41) is 18.9. The van der Waals surface area contributed by atoms with Crippen LogP contribution in [-0.4, -0.2) is 27.9 Å². The standard InChI is InChI=1S/C10H11BrINO3/c11-10-9(15)6(3-8(12)13-10)16-7(4-14)5-1-2-5/h3,5,7,14-15H,1-2,4H2. The maximum Gasteiger partial charge on any atom is 0.191 e. The van der Waals surface area contributed by atoms with Crippen LogP contribution in [0.25, 0.3) is 0 Å². The highest BCUT2D eigenvalue weighted by atomic mass is 127. The van der Waals surface area contributed by atoms with Crippen molar-refractivity contribution in [3.05, 3.63) is 14.4 Å². The summed E-state index contributed by atoms with van der Waals surface area (Å²) in [6, 6.07) is 1.66. The molecule has 0 amide bonds. The first-order valence-electron chi connectivity index (χ1n) is 4.94. The van der Waals surface area contributed by atoms with Crippen LogP contribution in [0.5, 0.6) is 11.5 Å². The zero-order valence-corrected chi connectivity index (χ0v) is 12.1. The monoisotopic (exact) mass is 399 g/mol. The van der Waals surface area contributed by atoms with E-state index in [1.807, 2.05) is 22.6 Å². The summed E-state index contributed by atoms with van der Waals surface area (Å²) in [5.74, 6) is 0.769. The molecule has 2 rings (SSSR count). The van der Waals surface area contributed by atoms with Crippen molar-refractivity contribution in [1.82, 2.24) is 4.98 Å². The Morgan fingerprint density at radius 3 is 2.88 bits per heavy atom. The van der Waals surface area contributed by atoms with Crippen molar-refractivity contribution < 1.29 is 14.9 Å². The van der Waals surface area contributed by atoms with Gasteiger partial charge < -0.3 is 14.9 Å². The number of hydrogen-bond donors (Lipinski definition) is 2. The minimum Gasteiger partial charge on any atom is -0.502 e. The Hall–Kier alpha value is -0.0800. The molecule has 6 heteroatoms. The van der Waals surface area contributed by atoms with Gasteiger partial charge in [0.1, 0.15) is 9.80 Å². The molecule has 1 fully saturated rings. The van der Waals surface area contributed by atoms with Crippen LogP contribution < -0.4 is 4.74 Å². The third kappa shape index (κ3) is 2.78. The van der Waals surface area contributed by atoms with E-state index in [9.17, 15) is 10.2 Å². The Morgan fingerprint density at radius 2 is 2.31 bits per heavy atom. The quantitative estimate of drug-likeness (QED) is 0.602. The number of aliphatic hydroxyl groups excluding tert-OH is 1. The minimum absolute atomic E-state index is 0.0143. The first-order valence-corrected chi connectivity index (χ1v) is 6.81. The predicted octanol–water partition coefficient (Wildman–Crippen LogP) is 2.30. The number of aliphatic hydroxyl groups is 1. The Bertz CT molecular complexity index is 398. The lowest BCUT2D eigenvalue weighted by atomic mass is 10.2. The molecular weight excluding hydrogens is 389 g/mol. The van der Waals surface area contributed by atoms with E-state index in [0.29, 0.717) is 16.3 Å². The molecule has 1 aliphatic carbocycles. The van der Waals surface area contributed by atoms with E-state index in [1.165, 1.54) is 0 Å². The molecule has 2 N–H and O–H groups in total. The average Bonchev–Trinajstić information content (AvgIpc) is 3.05. The zero-order chi connectivity index (χ0) is 11.7. The van der Waals surface area contributed by atoms with Crippen molar-refractivity contribution >= 4 is 38.5 Å². The van der Waals surface area contributed by atoms with Crippen molar-refractivity contribution in [2.45, 2.75) is 18.9 Å². The molecule has 0 aliphatic heterocycles. The summed E-state index contributed by atoms with van der Waals surface area (Å²) >= 11 is 5.20.